The largest absolute Gasteiger partial charge is 0.492 e. The van der Waals surface area contributed by atoms with Gasteiger partial charge in [-0.1, -0.05) is 6.07 Å². The molecule has 2 aromatic rings. The van der Waals surface area contributed by atoms with Crippen molar-refractivity contribution in [2.24, 2.45) is 0 Å². The smallest absolute Gasteiger partial charge is 0.227 e. The van der Waals surface area contributed by atoms with Crippen LogP contribution in [0.25, 0.3) is 0 Å². The van der Waals surface area contributed by atoms with Gasteiger partial charge in [0.25, 0.3) is 0 Å². The summed E-state index contributed by atoms with van der Waals surface area (Å²) in [5, 5.41) is 3.16. The average molecular weight is 284 g/mol. The first-order chi connectivity index (χ1) is 10.4. The lowest BCUT2D eigenvalue weighted by molar-refractivity contribution is 0.238. The van der Waals surface area contributed by atoms with Gasteiger partial charge in [0.15, 0.2) is 0 Å². The molecule has 1 aromatic carbocycles. The zero-order chi connectivity index (χ0) is 14.3. The van der Waals surface area contributed by atoms with Crippen LogP contribution in [0.4, 0.5) is 11.6 Å². The van der Waals surface area contributed by atoms with Crippen molar-refractivity contribution in [3.63, 3.8) is 0 Å². The van der Waals surface area contributed by atoms with E-state index < -0.39 is 0 Å². The Labute approximate surface area is 125 Å². The molecule has 1 N–H and O–H groups in total. The van der Waals surface area contributed by atoms with E-state index >= 15 is 0 Å². The lowest BCUT2D eigenvalue weighted by Crippen LogP contribution is -2.25. The zero-order valence-electron chi connectivity index (χ0n) is 12.0. The highest BCUT2D eigenvalue weighted by molar-refractivity contribution is 5.55. The molecule has 0 aliphatic carbocycles. The summed E-state index contributed by atoms with van der Waals surface area (Å²) in [5.74, 6) is 1.46. The lowest BCUT2D eigenvalue weighted by Gasteiger charge is -2.15. The zero-order valence-corrected chi connectivity index (χ0v) is 12.0. The first-order valence-electron chi connectivity index (χ1n) is 7.39. The molecule has 0 unspecified atom stereocenters. The third kappa shape index (κ3) is 4.16. The van der Waals surface area contributed by atoms with Gasteiger partial charge in [0.2, 0.25) is 5.95 Å². The molecule has 5 heteroatoms. The quantitative estimate of drug-likeness (QED) is 0.884. The van der Waals surface area contributed by atoms with Gasteiger partial charge in [0, 0.05) is 30.7 Å². The first kappa shape index (κ1) is 13.8. The van der Waals surface area contributed by atoms with E-state index in [0.29, 0.717) is 5.95 Å². The number of ether oxygens (including phenoxy) is 1. The molecule has 1 aliphatic rings. The Balaban J connectivity index is 1.53. The van der Waals surface area contributed by atoms with Gasteiger partial charge in [0.05, 0.1) is 0 Å². The van der Waals surface area contributed by atoms with Crippen molar-refractivity contribution in [1.29, 1.82) is 0 Å². The summed E-state index contributed by atoms with van der Waals surface area (Å²) >= 11 is 0. The number of aromatic nitrogens is 2. The number of nitrogens with one attached hydrogen (secondary N) is 1. The molecule has 110 valence electrons. The minimum Gasteiger partial charge on any atom is -0.492 e. The van der Waals surface area contributed by atoms with Crippen molar-refractivity contribution in [3.05, 3.63) is 42.7 Å². The Morgan fingerprint density at radius 2 is 1.90 bits per heavy atom. The number of nitrogens with zero attached hydrogens (tertiary/aromatic N) is 3. The molecule has 5 nitrogen and oxygen atoms in total. The van der Waals surface area contributed by atoms with Crippen molar-refractivity contribution in [2.75, 3.05) is 31.6 Å². The van der Waals surface area contributed by atoms with Crippen LogP contribution < -0.4 is 10.1 Å². The second-order valence-corrected chi connectivity index (χ2v) is 5.12. The van der Waals surface area contributed by atoms with Crippen LogP contribution in [0.5, 0.6) is 5.75 Å². The molecular weight excluding hydrogens is 264 g/mol. The molecule has 2 heterocycles. The highest BCUT2D eigenvalue weighted by Gasteiger charge is 2.10. The molecule has 0 bridgehead atoms. The highest BCUT2D eigenvalue weighted by atomic mass is 16.5. The maximum absolute atomic E-state index is 5.82. The van der Waals surface area contributed by atoms with Crippen LogP contribution in [-0.2, 0) is 0 Å². The Morgan fingerprint density at radius 3 is 2.71 bits per heavy atom. The second-order valence-electron chi connectivity index (χ2n) is 5.12. The maximum atomic E-state index is 5.82. The fraction of sp³-hybridized carbons (Fsp3) is 0.375. The van der Waals surface area contributed by atoms with Gasteiger partial charge in [-0.2, -0.15) is 0 Å². The molecule has 0 spiro atoms. The van der Waals surface area contributed by atoms with Gasteiger partial charge in [-0.3, -0.25) is 4.90 Å². The Hall–Kier alpha value is -2.14. The maximum Gasteiger partial charge on any atom is 0.227 e. The molecule has 1 saturated heterocycles. The van der Waals surface area contributed by atoms with Gasteiger partial charge < -0.3 is 10.1 Å². The third-order valence-corrected chi connectivity index (χ3v) is 3.53. The SMILES string of the molecule is c1cnc(Nc2cccc(OCCN3CCCC3)c2)nc1. The molecule has 1 aromatic heterocycles. The highest BCUT2D eigenvalue weighted by Crippen LogP contribution is 2.19. The van der Waals surface area contributed by atoms with E-state index in [-0.39, 0.29) is 0 Å². The number of hydrogen-bond donors (Lipinski definition) is 1. The first-order valence-corrected chi connectivity index (χ1v) is 7.39. The predicted octanol–water partition coefficient (Wildman–Crippen LogP) is 2.69. The minimum absolute atomic E-state index is 0.590. The second kappa shape index (κ2) is 7.04. The number of likely N-dealkylation sites (tertiary alicyclic amines) is 1. The molecule has 1 aliphatic heterocycles. The monoisotopic (exact) mass is 284 g/mol. The van der Waals surface area contributed by atoms with Crippen LogP contribution in [0.2, 0.25) is 0 Å². The van der Waals surface area contributed by atoms with Gasteiger partial charge in [-0.05, 0) is 44.1 Å². The standard InChI is InChI=1S/C16H20N4O/c1-2-10-20(9-1)11-12-21-15-6-3-5-14(13-15)19-16-17-7-4-8-18-16/h3-8,13H,1-2,9-12H2,(H,17,18,19). The van der Waals surface area contributed by atoms with Crippen LogP contribution in [0.1, 0.15) is 12.8 Å². The number of benzene rings is 1. The summed E-state index contributed by atoms with van der Waals surface area (Å²) in [4.78, 5) is 10.7. The van der Waals surface area contributed by atoms with E-state index in [0.717, 1.165) is 24.6 Å². The number of anilines is 2. The van der Waals surface area contributed by atoms with E-state index in [9.17, 15) is 0 Å². The molecule has 0 radical (unpaired) electrons. The minimum atomic E-state index is 0.590. The number of rotatable bonds is 6. The third-order valence-electron chi connectivity index (χ3n) is 3.53. The predicted molar refractivity (Wildman–Crippen MR) is 82.9 cm³/mol. The Bertz CT molecular complexity index is 555. The summed E-state index contributed by atoms with van der Waals surface area (Å²) in [6, 6.07) is 9.69. The van der Waals surface area contributed by atoms with Crippen LogP contribution in [0, 0.1) is 0 Å². The normalized spacial score (nSPS) is 15.0. The van der Waals surface area contributed by atoms with E-state index in [1.165, 1.54) is 25.9 Å². The molecule has 0 saturated carbocycles. The average Bonchev–Trinajstić information content (AvgIpc) is 3.02. The molecule has 21 heavy (non-hydrogen) atoms. The van der Waals surface area contributed by atoms with Gasteiger partial charge in [-0.25, -0.2) is 9.97 Å². The fourth-order valence-corrected chi connectivity index (χ4v) is 2.46. The van der Waals surface area contributed by atoms with Crippen molar-refractivity contribution in [1.82, 2.24) is 14.9 Å². The van der Waals surface area contributed by atoms with E-state index in [1.54, 1.807) is 18.5 Å². The van der Waals surface area contributed by atoms with E-state index in [2.05, 4.69) is 20.2 Å². The summed E-state index contributed by atoms with van der Waals surface area (Å²) in [7, 11) is 0. The van der Waals surface area contributed by atoms with E-state index in [1.807, 2.05) is 24.3 Å². The van der Waals surface area contributed by atoms with Crippen LogP contribution in [0.3, 0.4) is 0 Å². The van der Waals surface area contributed by atoms with Crippen LogP contribution in [-0.4, -0.2) is 41.1 Å². The van der Waals surface area contributed by atoms with E-state index in [4.69, 9.17) is 4.74 Å². The topological polar surface area (TPSA) is 50.3 Å². The van der Waals surface area contributed by atoms with Crippen LogP contribution >= 0.6 is 0 Å². The fourth-order valence-electron chi connectivity index (χ4n) is 2.46. The Morgan fingerprint density at radius 1 is 1.10 bits per heavy atom. The molecule has 3 rings (SSSR count). The number of hydrogen-bond acceptors (Lipinski definition) is 5. The summed E-state index contributed by atoms with van der Waals surface area (Å²) in [5.41, 5.74) is 0.930. The molecule has 1 fully saturated rings. The van der Waals surface area contributed by atoms with Crippen molar-refractivity contribution in [3.8, 4) is 5.75 Å². The van der Waals surface area contributed by atoms with Crippen molar-refractivity contribution in [2.45, 2.75) is 12.8 Å². The Kier molecular flexibility index (Phi) is 4.63. The molecule has 0 amide bonds. The molecular formula is C16H20N4O. The molecule has 0 atom stereocenters. The van der Waals surface area contributed by atoms with Crippen LogP contribution in [0.15, 0.2) is 42.7 Å². The lowest BCUT2D eigenvalue weighted by atomic mass is 10.3. The van der Waals surface area contributed by atoms with Gasteiger partial charge >= 0.3 is 0 Å². The summed E-state index contributed by atoms with van der Waals surface area (Å²) < 4.78 is 5.82. The van der Waals surface area contributed by atoms with Crippen molar-refractivity contribution >= 4 is 11.6 Å². The van der Waals surface area contributed by atoms with Gasteiger partial charge in [-0.15, -0.1) is 0 Å². The summed E-state index contributed by atoms with van der Waals surface area (Å²) in [6.45, 7) is 4.14. The van der Waals surface area contributed by atoms with Crippen molar-refractivity contribution < 1.29 is 4.74 Å². The summed E-state index contributed by atoms with van der Waals surface area (Å²) in [6.07, 6.45) is 6.06. The van der Waals surface area contributed by atoms with Gasteiger partial charge in [0.1, 0.15) is 12.4 Å².